The number of morpholine rings is 1. The maximum atomic E-state index is 12.6. The number of ether oxygens (including phenoxy) is 1. The molecule has 0 radical (unpaired) electrons. The maximum absolute atomic E-state index is 12.6. The van der Waals surface area contributed by atoms with Crippen LogP contribution in [-0.4, -0.2) is 62.1 Å². The summed E-state index contributed by atoms with van der Waals surface area (Å²) >= 11 is 0. The van der Waals surface area contributed by atoms with Gasteiger partial charge in [-0.1, -0.05) is 32.0 Å². The van der Waals surface area contributed by atoms with E-state index in [0.717, 1.165) is 44.8 Å². The van der Waals surface area contributed by atoms with E-state index in [-0.39, 0.29) is 11.8 Å². The zero-order valence-corrected chi connectivity index (χ0v) is 16.8. The molecule has 1 fully saturated rings. The Hall–Kier alpha value is -1.92. The summed E-state index contributed by atoms with van der Waals surface area (Å²) in [5.74, 6) is 0.0149. The molecule has 1 aliphatic heterocycles. The number of hydrogen-bond acceptors (Lipinski definition) is 4. The Morgan fingerprint density at radius 1 is 1.19 bits per heavy atom. The third-order valence-electron chi connectivity index (χ3n) is 4.77. The van der Waals surface area contributed by atoms with Gasteiger partial charge < -0.3 is 15.4 Å². The lowest BCUT2D eigenvalue weighted by atomic mass is 10.0. The summed E-state index contributed by atoms with van der Waals surface area (Å²) in [6, 6.07) is 6.92. The Morgan fingerprint density at radius 2 is 1.89 bits per heavy atom. The van der Waals surface area contributed by atoms with Gasteiger partial charge in [0, 0.05) is 25.2 Å². The van der Waals surface area contributed by atoms with E-state index >= 15 is 0 Å². The predicted octanol–water partition coefficient (Wildman–Crippen LogP) is 1.98. The summed E-state index contributed by atoms with van der Waals surface area (Å²) in [5.41, 5.74) is 1.52. The van der Waals surface area contributed by atoms with E-state index < -0.39 is 6.04 Å². The van der Waals surface area contributed by atoms with Gasteiger partial charge in [0.2, 0.25) is 5.91 Å². The first kappa shape index (κ1) is 21.4. The van der Waals surface area contributed by atoms with Crippen LogP contribution in [0.4, 0.5) is 0 Å². The first-order chi connectivity index (χ1) is 13.0. The molecule has 1 atom stereocenters. The topological polar surface area (TPSA) is 70.7 Å². The number of carbonyl (C=O) groups excluding carboxylic acids is 2. The molecule has 150 valence electrons. The lowest BCUT2D eigenvalue weighted by molar-refractivity contribution is -0.123. The maximum Gasteiger partial charge on any atom is 0.252 e. The summed E-state index contributed by atoms with van der Waals surface area (Å²) < 4.78 is 5.34. The first-order valence-electron chi connectivity index (χ1n) is 9.91. The van der Waals surface area contributed by atoms with Gasteiger partial charge in [-0.05, 0) is 43.9 Å². The van der Waals surface area contributed by atoms with Crippen molar-refractivity contribution in [3.05, 3.63) is 35.4 Å². The standard InChI is InChI=1S/C21H33N3O3/c1-16(2)15-19(23-20(25)18-8-5-4-7-17(18)3)21(26)22-9-6-10-24-11-13-27-14-12-24/h4-5,7-8,16,19H,6,9-15H2,1-3H3,(H,22,26)(H,23,25). The van der Waals surface area contributed by atoms with Crippen molar-refractivity contribution in [2.75, 3.05) is 39.4 Å². The number of carbonyl (C=O) groups is 2. The fraction of sp³-hybridized carbons (Fsp3) is 0.619. The van der Waals surface area contributed by atoms with E-state index in [4.69, 9.17) is 4.74 Å². The van der Waals surface area contributed by atoms with E-state index in [9.17, 15) is 9.59 Å². The molecule has 0 spiro atoms. The van der Waals surface area contributed by atoms with E-state index in [1.807, 2.05) is 25.1 Å². The molecule has 2 rings (SSSR count). The minimum Gasteiger partial charge on any atom is -0.379 e. The SMILES string of the molecule is Cc1ccccc1C(=O)NC(CC(C)C)C(=O)NCCCN1CCOCC1. The zero-order valence-electron chi connectivity index (χ0n) is 16.8. The number of nitrogens with one attached hydrogen (secondary N) is 2. The van der Waals surface area contributed by atoms with Crippen LogP contribution in [-0.2, 0) is 9.53 Å². The Morgan fingerprint density at radius 3 is 2.56 bits per heavy atom. The third kappa shape index (κ3) is 7.31. The molecule has 0 saturated carbocycles. The monoisotopic (exact) mass is 375 g/mol. The smallest absolute Gasteiger partial charge is 0.252 e. The number of aryl methyl sites for hydroxylation is 1. The molecule has 1 aromatic carbocycles. The van der Waals surface area contributed by atoms with Crippen LogP contribution < -0.4 is 10.6 Å². The van der Waals surface area contributed by atoms with Crippen molar-refractivity contribution < 1.29 is 14.3 Å². The second kappa shape index (κ2) is 11.0. The molecule has 1 aliphatic rings. The van der Waals surface area contributed by atoms with Crippen molar-refractivity contribution in [1.82, 2.24) is 15.5 Å². The minimum atomic E-state index is -0.513. The number of hydrogen-bond donors (Lipinski definition) is 2. The van der Waals surface area contributed by atoms with Crippen LogP contribution in [0.2, 0.25) is 0 Å². The summed E-state index contributed by atoms with van der Waals surface area (Å²) in [4.78, 5) is 27.6. The highest BCUT2D eigenvalue weighted by Gasteiger charge is 2.23. The van der Waals surface area contributed by atoms with E-state index in [0.29, 0.717) is 24.4 Å². The highest BCUT2D eigenvalue weighted by molar-refractivity contribution is 5.98. The fourth-order valence-corrected chi connectivity index (χ4v) is 3.23. The molecule has 0 bridgehead atoms. The number of rotatable bonds is 9. The van der Waals surface area contributed by atoms with Gasteiger partial charge >= 0.3 is 0 Å². The van der Waals surface area contributed by atoms with Crippen molar-refractivity contribution in [1.29, 1.82) is 0 Å². The molecule has 1 heterocycles. The molecule has 2 amide bonds. The molecule has 1 unspecified atom stereocenters. The summed E-state index contributed by atoms with van der Waals surface area (Å²) in [5, 5.41) is 5.91. The minimum absolute atomic E-state index is 0.104. The van der Waals surface area contributed by atoms with Gasteiger partial charge in [0.1, 0.15) is 6.04 Å². The van der Waals surface area contributed by atoms with Crippen LogP contribution >= 0.6 is 0 Å². The largest absolute Gasteiger partial charge is 0.379 e. The van der Waals surface area contributed by atoms with Crippen LogP contribution in [0.3, 0.4) is 0 Å². The zero-order chi connectivity index (χ0) is 19.6. The van der Waals surface area contributed by atoms with Crippen LogP contribution in [0, 0.1) is 12.8 Å². The second-order valence-corrected chi connectivity index (χ2v) is 7.57. The Kier molecular flexibility index (Phi) is 8.75. The highest BCUT2D eigenvalue weighted by atomic mass is 16.5. The molecule has 2 N–H and O–H groups in total. The Labute approximate surface area is 162 Å². The summed E-state index contributed by atoms with van der Waals surface area (Å²) in [6.07, 6.45) is 1.51. The van der Waals surface area contributed by atoms with Gasteiger partial charge in [-0.25, -0.2) is 0 Å². The molecule has 1 aromatic rings. The molecular weight excluding hydrogens is 342 g/mol. The van der Waals surface area contributed by atoms with Gasteiger partial charge in [0.05, 0.1) is 13.2 Å². The Bertz CT molecular complexity index is 612. The number of benzene rings is 1. The summed E-state index contributed by atoms with van der Waals surface area (Å²) in [6.45, 7) is 11.1. The van der Waals surface area contributed by atoms with Crippen LogP contribution in [0.15, 0.2) is 24.3 Å². The van der Waals surface area contributed by atoms with Crippen molar-refractivity contribution >= 4 is 11.8 Å². The Balaban J connectivity index is 1.83. The van der Waals surface area contributed by atoms with Gasteiger partial charge in [0.15, 0.2) is 0 Å². The highest BCUT2D eigenvalue weighted by Crippen LogP contribution is 2.10. The van der Waals surface area contributed by atoms with Gasteiger partial charge in [-0.15, -0.1) is 0 Å². The number of nitrogens with zero attached hydrogens (tertiary/aromatic N) is 1. The first-order valence-corrected chi connectivity index (χ1v) is 9.91. The second-order valence-electron chi connectivity index (χ2n) is 7.57. The van der Waals surface area contributed by atoms with Gasteiger partial charge in [-0.2, -0.15) is 0 Å². The van der Waals surface area contributed by atoms with Gasteiger partial charge in [-0.3, -0.25) is 14.5 Å². The van der Waals surface area contributed by atoms with Crippen LogP contribution in [0.25, 0.3) is 0 Å². The average molecular weight is 376 g/mol. The van der Waals surface area contributed by atoms with E-state index in [2.05, 4.69) is 29.4 Å². The van der Waals surface area contributed by atoms with Crippen molar-refractivity contribution in [3.8, 4) is 0 Å². The van der Waals surface area contributed by atoms with E-state index in [1.165, 1.54) is 0 Å². The molecule has 6 nitrogen and oxygen atoms in total. The van der Waals surface area contributed by atoms with Crippen LogP contribution in [0.1, 0.15) is 42.6 Å². The molecule has 0 aromatic heterocycles. The fourth-order valence-electron chi connectivity index (χ4n) is 3.23. The van der Waals surface area contributed by atoms with Gasteiger partial charge in [0.25, 0.3) is 5.91 Å². The normalized spacial score (nSPS) is 16.1. The molecule has 1 saturated heterocycles. The lowest BCUT2D eigenvalue weighted by Crippen LogP contribution is -2.48. The van der Waals surface area contributed by atoms with Crippen molar-refractivity contribution in [3.63, 3.8) is 0 Å². The van der Waals surface area contributed by atoms with Crippen LogP contribution in [0.5, 0.6) is 0 Å². The lowest BCUT2D eigenvalue weighted by Gasteiger charge is -2.26. The molecular formula is C21H33N3O3. The quantitative estimate of drug-likeness (QED) is 0.648. The molecule has 27 heavy (non-hydrogen) atoms. The number of amides is 2. The third-order valence-corrected chi connectivity index (χ3v) is 4.77. The van der Waals surface area contributed by atoms with Crippen molar-refractivity contribution in [2.24, 2.45) is 5.92 Å². The molecule has 0 aliphatic carbocycles. The average Bonchev–Trinajstić information content (AvgIpc) is 2.65. The molecule has 6 heteroatoms. The summed E-state index contributed by atoms with van der Waals surface area (Å²) in [7, 11) is 0. The van der Waals surface area contributed by atoms with E-state index in [1.54, 1.807) is 6.07 Å². The predicted molar refractivity (Wildman–Crippen MR) is 107 cm³/mol. The van der Waals surface area contributed by atoms with Crippen molar-refractivity contribution in [2.45, 2.75) is 39.7 Å².